The van der Waals surface area contributed by atoms with Gasteiger partial charge in [0.2, 0.25) is 0 Å². The fourth-order valence-corrected chi connectivity index (χ4v) is 3.03. The van der Waals surface area contributed by atoms with Crippen molar-refractivity contribution in [2.45, 2.75) is 57.4 Å². The number of hydrogen-bond acceptors (Lipinski definition) is 2. The number of hydrogen-bond donors (Lipinski definition) is 2. The van der Waals surface area contributed by atoms with E-state index in [4.69, 9.17) is 5.73 Å². The Morgan fingerprint density at radius 3 is 2.73 bits per heavy atom. The standard InChI is InChI=1S/C13H26N2/c1-11-3-2-7-13(9-11,10-14)15-8-6-12-4-5-12/h11-12,15H,2-10,14H2,1H3. The summed E-state index contributed by atoms with van der Waals surface area (Å²) in [5.41, 5.74) is 6.25. The predicted octanol–water partition coefficient (Wildman–Crippen LogP) is 2.28. The van der Waals surface area contributed by atoms with Crippen LogP contribution >= 0.6 is 0 Å². The van der Waals surface area contributed by atoms with Crippen molar-refractivity contribution in [3.05, 3.63) is 0 Å². The smallest absolute Gasteiger partial charge is 0.0306 e. The van der Waals surface area contributed by atoms with E-state index in [2.05, 4.69) is 12.2 Å². The van der Waals surface area contributed by atoms with Crippen LogP contribution in [0.2, 0.25) is 0 Å². The molecule has 2 rings (SSSR count). The zero-order valence-electron chi connectivity index (χ0n) is 10.1. The maximum absolute atomic E-state index is 5.97. The second-order valence-electron chi connectivity index (χ2n) is 5.84. The molecule has 2 saturated carbocycles. The topological polar surface area (TPSA) is 38.0 Å². The molecule has 3 N–H and O–H groups in total. The van der Waals surface area contributed by atoms with Gasteiger partial charge in [-0.25, -0.2) is 0 Å². The molecule has 2 atom stereocenters. The average Bonchev–Trinajstić information content (AvgIpc) is 3.02. The maximum Gasteiger partial charge on any atom is 0.0306 e. The Morgan fingerprint density at radius 1 is 1.33 bits per heavy atom. The van der Waals surface area contributed by atoms with Gasteiger partial charge < -0.3 is 11.1 Å². The lowest BCUT2D eigenvalue weighted by molar-refractivity contribution is 0.192. The van der Waals surface area contributed by atoms with Gasteiger partial charge in [-0.1, -0.05) is 32.6 Å². The summed E-state index contributed by atoms with van der Waals surface area (Å²) in [5, 5.41) is 3.76. The predicted molar refractivity (Wildman–Crippen MR) is 64.8 cm³/mol. The highest BCUT2D eigenvalue weighted by molar-refractivity contribution is 4.94. The molecule has 88 valence electrons. The molecule has 0 heterocycles. The summed E-state index contributed by atoms with van der Waals surface area (Å²) in [4.78, 5) is 0. The van der Waals surface area contributed by atoms with E-state index in [1.807, 2.05) is 0 Å². The highest BCUT2D eigenvalue weighted by Gasteiger charge is 2.33. The summed E-state index contributed by atoms with van der Waals surface area (Å²) in [6.45, 7) is 4.38. The summed E-state index contributed by atoms with van der Waals surface area (Å²) >= 11 is 0. The van der Waals surface area contributed by atoms with Gasteiger partial charge >= 0.3 is 0 Å². The molecule has 0 aromatic carbocycles. The molecule has 0 aromatic heterocycles. The van der Waals surface area contributed by atoms with Crippen molar-refractivity contribution in [1.82, 2.24) is 5.32 Å². The SMILES string of the molecule is CC1CCCC(CN)(NCCC2CC2)C1. The lowest BCUT2D eigenvalue weighted by Crippen LogP contribution is -2.54. The van der Waals surface area contributed by atoms with Crippen molar-refractivity contribution in [1.29, 1.82) is 0 Å². The van der Waals surface area contributed by atoms with E-state index >= 15 is 0 Å². The summed E-state index contributed by atoms with van der Waals surface area (Å²) in [6, 6.07) is 0. The van der Waals surface area contributed by atoms with Gasteiger partial charge in [0.1, 0.15) is 0 Å². The minimum Gasteiger partial charge on any atom is -0.329 e. The monoisotopic (exact) mass is 210 g/mol. The van der Waals surface area contributed by atoms with Crippen molar-refractivity contribution in [2.75, 3.05) is 13.1 Å². The Labute approximate surface area is 94.0 Å². The van der Waals surface area contributed by atoms with Crippen LogP contribution < -0.4 is 11.1 Å². The minimum atomic E-state index is 0.284. The Kier molecular flexibility index (Phi) is 3.68. The highest BCUT2D eigenvalue weighted by Crippen LogP contribution is 2.34. The second-order valence-corrected chi connectivity index (χ2v) is 5.84. The number of rotatable bonds is 5. The van der Waals surface area contributed by atoms with Gasteiger partial charge in [0.05, 0.1) is 0 Å². The Hall–Kier alpha value is -0.0800. The molecule has 15 heavy (non-hydrogen) atoms. The third kappa shape index (κ3) is 3.18. The van der Waals surface area contributed by atoms with E-state index < -0.39 is 0 Å². The first-order valence-corrected chi connectivity index (χ1v) is 6.69. The molecule has 0 aromatic rings. The van der Waals surface area contributed by atoms with E-state index in [0.29, 0.717) is 0 Å². The number of nitrogens with two attached hydrogens (primary N) is 1. The van der Waals surface area contributed by atoms with Gasteiger partial charge in [-0.2, -0.15) is 0 Å². The maximum atomic E-state index is 5.97. The summed E-state index contributed by atoms with van der Waals surface area (Å²) in [6.07, 6.45) is 9.63. The Morgan fingerprint density at radius 2 is 2.13 bits per heavy atom. The zero-order valence-corrected chi connectivity index (χ0v) is 10.1. The third-order valence-electron chi connectivity index (χ3n) is 4.23. The molecule has 0 amide bonds. The molecule has 0 bridgehead atoms. The van der Waals surface area contributed by atoms with Crippen LogP contribution in [0.3, 0.4) is 0 Å². The summed E-state index contributed by atoms with van der Waals surface area (Å²) in [5.74, 6) is 1.89. The lowest BCUT2D eigenvalue weighted by atomic mass is 9.76. The largest absolute Gasteiger partial charge is 0.329 e. The molecular formula is C13H26N2. The molecule has 2 aliphatic carbocycles. The minimum absolute atomic E-state index is 0.284. The third-order valence-corrected chi connectivity index (χ3v) is 4.23. The van der Waals surface area contributed by atoms with Crippen LogP contribution in [0.4, 0.5) is 0 Å². The first-order valence-electron chi connectivity index (χ1n) is 6.69. The van der Waals surface area contributed by atoms with Crippen molar-refractivity contribution in [3.63, 3.8) is 0 Å². The van der Waals surface area contributed by atoms with Gasteiger partial charge in [-0.3, -0.25) is 0 Å². The first kappa shape index (κ1) is 11.4. The molecule has 0 saturated heterocycles. The molecule has 2 nitrogen and oxygen atoms in total. The Balaban J connectivity index is 1.77. The summed E-state index contributed by atoms with van der Waals surface area (Å²) < 4.78 is 0. The number of nitrogens with one attached hydrogen (secondary N) is 1. The van der Waals surface area contributed by atoms with Crippen molar-refractivity contribution in [3.8, 4) is 0 Å². The van der Waals surface area contributed by atoms with Crippen molar-refractivity contribution >= 4 is 0 Å². The first-order chi connectivity index (χ1) is 7.24. The fourth-order valence-electron chi connectivity index (χ4n) is 3.03. The van der Waals surface area contributed by atoms with Gasteiger partial charge in [0.15, 0.2) is 0 Å². The molecule has 0 radical (unpaired) electrons. The molecule has 0 spiro atoms. The molecule has 2 fully saturated rings. The summed E-state index contributed by atoms with van der Waals surface area (Å²) in [7, 11) is 0. The van der Waals surface area contributed by atoms with Crippen LogP contribution in [-0.2, 0) is 0 Å². The average molecular weight is 210 g/mol. The van der Waals surface area contributed by atoms with Gasteiger partial charge in [0.25, 0.3) is 0 Å². The van der Waals surface area contributed by atoms with Gasteiger partial charge in [-0.05, 0) is 37.6 Å². The quantitative estimate of drug-likeness (QED) is 0.730. The highest BCUT2D eigenvalue weighted by atomic mass is 15.0. The van der Waals surface area contributed by atoms with Crippen LogP contribution in [0, 0.1) is 11.8 Å². The molecular weight excluding hydrogens is 184 g/mol. The van der Waals surface area contributed by atoms with Crippen molar-refractivity contribution < 1.29 is 0 Å². The van der Waals surface area contributed by atoms with E-state index in [1.54, 1.807) is 0 Å². The molecule has 2 aliphatic rings. The Bertz CT molecular complexity index is 201. The van der Waals surface area contributed by atoms with Crippen LogP contribution in [0.25, 0.3) is 0 Å². The van der Waals surface area contributed by atoms with Crippen LogP contribution in [0.5, 0.6) is 0 Å². The van der Waals surface area contributed by atoms with Crippen LogP contribution in [-0.4, -0.2) is 18.6 Å². The van der Waals surface area contributed by atoms with Crippen LogP contribution in [0.1, 0.15) is 51.9 Å². The van der Waals surface area contributed by atoms with E-state index in [9.17, 15) is 0 Å². The van der Waals surface area contributed by atoms with E-state index in [1.165, 1.54) is 51.5 Å². The second kappa shape index (κ2) is 4.84. The molecule has 2 unspecified atom stereocenters. The fraction of sp³-hybridized carbons (Fsp3) is 1.00. The van der Waals surface area contributed by atoms with E-state index in [0.717, 1.165) is 18.4 Å². The normalized spacial score (nSPS) is 36.8. The van der Waals surface area contributed by atoms with Crippen LogP contribution in [0.15, 0.2) is 0 Å². The lowest BCUT2D eigenvalue weighted by Gasteiger charge is -2.40. The van der Waals surface area contributed by atoms with Gasteiger partial charge in [-0.15, -0.1) is 0 Å². The van der Waals surface area contributed by atoms with E-state index in [-0.39, 0.29) is 5.54 Å². The molecule has 0 aliphatic heterocycles. The zero-order chi connectivity index (χ0) is 10.7. The van der Waals surface area contributed by atoms with Gasteiger partial charge in [0, 0.05) is 12.1 Å². The molecule has 2 heteroatoms. The van der Waals surface area contributed by atoms with Crippen molar-refractivity contribution in [2.24, 2.45) is 17.6 Å².